The lowest BCUT2D eigenvalue weighted by atomic mass is 10.2. The molecule has 1 aromatic carbocycles. The lowest BCUT2D eigenvalue weighted by Crippen LogP contribution is -2.25. The molecule has 0 aliphatic heterocycles. The summed E-state index contributed by atoms with van der Waals surface area (Å²) in [5.41, 5.74) is 1.61. The van der Waals surface area contributed by atoms with E-state index >= 15 is 0 Å². The minimum atomic E-state index is -0.382. The molecule has 0 radical (unpaired) electrons. The number of aromatic nitrogens is 3. The highest BCUT2D eigenvalue weighted by Crippen LogP contribution is 2.30. The Hall–Kier alpha value is -2.40. The highest BCUT2D eigenvalue weighted by molar-refractivity contribution is 6.32. The van der Waals surface area contributed by atoms with Gasteiger partial charge in [0.1, 0.15) is 5.82 Å². The summed E-state index contributed by atoms with van der Waals surface area (Å²) in [5, 5.41) is 4.62. The summed E-state index contributed by atoms with van der Waals surface area (Å²) in [6.07, 6.45) is 2.47. The van der Waals surface area contributed by atoms with Crippen LogP contribution in [-0.2, 0) is 0 Å². The molecule has 0 atom stereocenters. The molecule has 5 nitrogen and oxygen atoms in total. The minimum Gasteiger partial charge on any atom is -0.369 e. The summed E-state index contributed by atoms with van der Waals surface area (Å²) < 4.78 is 1.48. The zero-order valence-corrected chi connectivity index (χ0v) is 14.0. The number of nitrogens with zero attached hydrogens (tertiary/aromatic N) is 3. The maximum atomic E-state index is 12.7. The van der Waals surface area contributed by atoms with Crippen molar-refractivity contribution in [1.82, 2.24) is 14.5 Å². The van der Waals surface area contributed by atoms with Crippen molar-refractivity contribution in [3.63, 3.8) is 0 Å². The first-order valence-electron chi connectivity index (χ1n) is 8.02. The molecule has 4 rings (SSSR count). The van der Waals surface area contributed by atoms with Gasteiger partial charge in [-0.25, -0.2) is 14.3 Å². The number of benzene rings is 1. The molecule has 1 aliphatic rings. The third-order valence-corrected chi connectivity index (χ3v) is 4.55. The van der Waals surface area contributed by atoms with Crippen LogP contribution in [0.5, 0.6) is 0 Å². The Labute approximate surface area is 144 Å². The van der Waals surface area contributed by atoms with Crippen LogP contribution in [0.15, 0.2) is 41.2 Å². The number of fused-ring (bicyclic) bond motifs is 1. The quantitative estimate of drug-likeness (QED) is 0.788. The molecule has 2 heterocycles. The van der Waals surface area contributed by atoms with Gasteiger partial charge >= 0.3 is 5.69 Å². The fourth-order valence-electron chi connectivity index (χ4n) is 2.74. The van der Waals surface area contributed by atoms with Crippen molar-refractivity contribution < 1.29 is 0 Å². The molecule has 0 saturated heterocycles. The largest absolute Gasteiger partial charge is 0.369 e. The van der Waals surface area contributed by atoms with Gasteiger partial charge in [-0.3, -0.25) is 0 Å². The van der Waals surface area contributed by atoms with Gasteiger partial charge in [0.2, 0.25) is 0 Å². The molecule has 1 saturated carbocycles. The highest BCUT2D eigenvalue weighted by Gasteiger charge is 2.22. The van der Waals surface area contributed by atoms with Crippen molar-refractivity contribution in [3.8, 4) is 5.69 Å². The summed E-state index contributed by atoms with van der Waals surface area (Å²) in [6, 6.07) is 11.1. The average molecular weight is 341 g/mol. The fourth-order valence-corrected chi connectivity index (χ4v) is 2.96. The summed E-state index contributed by atoms with van der Waals surface area (Å²) in [6.45, 7) is 2.74. The second-order valence-corrected chi connectivity index (χ2v) is 6.59. The monoisotopic (exact) mass is 340 g/mol. The van der Waals surface area contributed by atoms with Crippen LogP contribution in [0.3, 0.4) is 0 Å². The zero-order chi connectivity index (χ0) is 16.7. The summed E-state index contributed by atoms with van der Waals surface area (Å²) in [4.78, 5) is 21.5. The van der Waals surface area contributed by atoms with E-state index in [1.165, 1.54) is 17.4 Å². The van der Waals surface area contributed by atoms with Crippen molar-refractivity contribution in [2.75, 3.05) is 11.9 Å². The number of anilines is 1. The number of halogens is 1. The average Bonchev–Trinajstić information content (AvgIpc) is 3.38. The predicted octanol–water partition coefficient (Wildman–Crippen LogP) is 3.56. The van der Waals surface area contributed by atoms with Crippen LogP contribution in [0.25, 0.3) is 16.7 Å². The van der Waals surface area contributed by atoms with Crippen molar-refractivity contribution in [3.05, 3.63) is 57.6 Å². The molecule has 24 heavy (non-hydrogen) atoms. The molecule has 2 aromatic heterocycles. The Bertz CT molecular complexity index is 978. The van der Waals surface area contributed by atoms with E-state index < -0.39 is 0 Å². The van der Waals surface area contributed by atoms with E-state index in [1.54, 1.807) is 12.1 Å². The van der Waals surface area contributed by atoms with Gasteiger partial charge in [0, 0.05) is 12.2 Å². The van der Waals surface area contributed by atoms with Crippen LogP contribution in [0.1, 0.15) is 18.5 Å². The first kappa shape index (κ1) is 15.1. The Morgan fingerprint density at radius 3 is 2.75 bits per heavy atom. The van der Waals surface area contributed by atoms with E-state index in [2.05, 4.69) is 15.3 Å². The van der Waals surface area contributed by atoms with Gasteiger partial charge in [0.15, 0.2) is 5.65 Å². The first-order chi connectivity index (χ1) is 11.6. The third kappa shape index (κ3) is 2.76. The summed E-state index contributed by atoms with van der Waals surface area (Å²) in [7, 11) is 0. The van der Waals surface area contributed by atoms with Crippen LogP contribution >= 0.6 is 11.6 Å². The van der Waals surface area contributed by atoms with Gasteiger partial charge in [-0.05, 0) is 49.9 Å². The van der Waals surface area contributed by atoms with E-state index in [0.717, 1.165) is 17.6 Å². The van der Waals surface area contributed by atoms with E-state index in [4.69, 9.17) is 11.6 Å². The number of aryl methyl sites for hydroxylation is 1. The van der Waals surface area contributed by atoms with Gasteiger partial charge in [-0.1, -0.05) is 23.7 Å². The maximum absolute atomic E-state index is 12.7. The molecule has 1 fully saturated rings. The molecule has 0 bridgehead atoms. The number of para-hydroxylation sites is 1. The third-order valence-electron chi connectivity index (χ3n) is 4.23. The molecule has 1 aliphatic carbocycles. The Balaban J connectivity index is 1.95. The summed E-state index contributed by atoms with van der Waals surface area (Å²) >= 11 is 6.29. The van der Waals surface area contributed by atoms with Gasteiger partial charge < -0.3 is 5.32 Å². The highest BCUT2D eigenvalue weighted by atomic mass is 35.5. The number of nitrogens with one attached hydrogen (secondary N) is 1. The SMILES string of the molecule is Cc1ccc2c(NCC3CC3)nc(=O)n(-c3ccccc3Cl)c2n1. The van der Waals surface area contributed by atoms with E-state index in [9.17, 15) is 4.79 Å². The molecule has 1 N–H and O–H groups in total. The Morgan fingerprint density at radius 1 is 1.21 bits per heavy atom. The van der Waals surface area contributed by atoms with Crippen LogP contribution in [-0.4, -0.2) is 21.1 Å². The summed E-state index contributed by atoms with van der Waals surface area (Å²) in [5.74, 6) is 1.28. The van der Waals surface area contributed by atoms with Crippen molar-refractivity contribution in [2.24, 2.45) is 5.92 Å². The first-order valence-corrected chi connectivity index (χ1v) is 8.40. The second-order valence-electron chi connectivity index (χ2n) is 6.18. The van der Waals surface area contributed by atoms with E-state index in [-0.39, 0.29) is 5.69 Å². The van der Waals surface area contributed by atoms with Crippen LogP contribution in [0, 0.1) is 12.8 Å². The molecule has 0 amide bonds. The van der Waals surface area contributed by atoms with Crippen molar-refractivity contribution in [1.29, 1.82) is 0 Å². The smallest absolute Gasteiger partial charge is 0.355 e. The zero-order valence-electron chi connectivity index (χ0n) is 13.3. The minimum absolute atomic E-state index is 0.382. The lowest BCUT2D eigenvalue weighted by molar-refractivity contribution is 0.872. The molecule has 122 valence electrons. The van der Waals surface area contributed by atoms with E-state index in [1.807, 2.05) is 31.2 Å². The lowest BCUT2D eigenvalue weighted by Gasteiger charge is -2.14. The standard InChI is InChI=1S/C18H17ClN4O/c1-11-6-9-13-16(20-10-12-7-8-12)22-18(24)23(17(13)21-11)15-5-3-2-4-14(15)19/h2-6,9,12H,7-8,10H2,1H3,(H,20,22,24). The number of hydrogen-bond donors (Lipinski definition) is 1. The van der Waals surface area contributed by atoms with Crippen molar-refractivity contribution >= 4 is 28.5 Å². The van der Waals surface area contributed by atoms with Crippen LogP contribution < -0.4 is 11.0 Å². The van der Waals surface area contributed by atoms with E-state index in [0.29, 0.717) is 28.1 Å². The topological polar surface area (TPSA) is 59.8 Å². The second kappa shape index (κ2) is 5.91. The van der Waals surface area contributed by atoms with Gasteiger partial charge in [0.25, 0.3) is 0 Å². The molecule has 3 aromatic rings. The molecule has 0 unspecified atom stereocenters. The van der Waals surface area contributed by atoms with Gasteiger partial charge in [-0.15, -0.1) is 0 Å². The van der Waals surface area contributed by atoms with Crippen LogP contribution in [0.4, 0.5) is 5.82 Å². The molecule has 6 heteroatoms. The number of rotatable bonds is 4. The van der Waals surface area contributed by atoms with Gasteiger partial charge in [0.05, 0.1) is 16.1 Å². The molecular weight excluding hydrogens is 324 g/mol. The Morgan fingerprint density at radius 2 is 2.00 bits per heavy atom. The molecular formula is C18H17ClN4O. The molecule has 0 spiro atoms. The van der Waals surface area contributed by atoms with Crippen molar-refractivity contribution in [2.45, 2.75) is 19.8 Å². The number of hydrogen-bond acceptors (Lipinski definition) is 4. The fraction of sp³-hybridized carbons (Fsp3) is 0.278. The normalized spacial score (nSPS) is 14.1. The van der Waals surface area contributed by atoms with Crippen LogP contribution in [0.2, 0.25) is 5.02 Å². The Kier molecular flexibility index (Phi) is 3.73. The maximum Gasteiger partial charge on any atom is 0.355 e. The predicted molar refractivity (Wildman–Crippen MR) is 96.1 cm³/mol. The van der Waals surface area contributed by atoms with Gasteiger partial charge in [-0.2, -0.15) is 4.98 Å². The number of pyridine rings is 1.